The summed E-state index contributed by atoms with van der Waals surface area (Å²) >= 11 is 0.530. The average molecular weight is 495 g/mol. The summed E-state index contributed by atoms with van der Waals surface area (Å²) in [6.07, 6.45) is -9.24. The summed E-state index contributed by atoms with van der Waals surface area (Å²) in [6, 6.07) is 2.72. The predicted molar refractivity (Wildman–Crippen MR) is 112 cm³/mol. The molecule has 12 heteroatoms. The number of ether oxygens (including phenoxy) is 1. The fourth-order valence-corrected chi connectivity index (χ4v) is 4.48. The van der Waals surface area contributed by atoms with Gasteiger partial charge in [0.25, 0.3) is 0 Å². The number of aromatic nitrogens is 1. The van der Waals surface area contributed by atoms with E-state index >= 15 is 0 Å². The molecule has 182 valence electrons. The maximum Gasteiger partial charge on any atom is 0.573 e. The second-order valence-electron chi connectivity index (χ2n) is 9.03. The molecule has 0 unspecified atom stereocenters. The van der Waals surface area contributed by atoms with Crippen LogP contribution < -0.4 is 15.0 Å². The van der Waals surface area contributed by atoms with E-state index in [-0.39, 0.29) is 37.0 Å². The number of carbonyl (C=O) groups is 1. The number of rotatable bonds is 4. The van der Waals surface area contributed by atoms with Crippen LogP contribution in [0.4, 0.5) is 37.7 Å². The molecule has 1 aliphatic heterocycles. The van der Waals surface area contributed by atoms with Crippen LogP contribution in [-0.2, 0) is 23.9 Å². The molecule has 0 saturated carbocycles. The number of alkyl halides is 6. The first-order valence-electron chi connectivity index (χ1n) is 10.0. The number of anilines is 2. The zero-order chi connectivity index (χ0) is 24.8. The van der Waals surface area contributed by atoms with Crippen molar-refractivity contribution in [3.05, 3.63) is 33.3 Å². The maximum atomic E-state index is 13.1. The number of hydrogen-bond donors (Lipinski definition) is 1. The number of carbonyl (C=O) groups excluding carboxylic acids is 1. The molecule has 2 aromatic rings. The number of thiazole rings is 1. The third-order valence-corrected chi connectivity index (χ3v) is 5.93. The lowest BCUT2D eigenvalue weighted by molar-refractivity contribution is -0.274. The largest absolute Gasteiger partial charge is 0.573 e. The minimum atomic E-state index is -5.00. The summed E-state index contributed by atoms with van der Waals surface area (Å²) in [5.74, 6) is -1.04. The van der Waals surface area contributed by atoms with E-state index in [1.54, 1.807) is 11.0 Å². The van der Waals surface area contributed by atoms with Gasteiger partial charge in [-0.15, -0.1) is 24.5 Å². The van der Waals surface area contributed by atoms with Crippen molar-refractivity contribution in [2.75, 3.05) is 16.8 Å². The van der Waals surface area contributed by atoms with Gasteiger partial charge in [0, 0.05) is 36.0 Å². The fourth-order valence-electron chi connectivity index (χ4n) is 3.49. The zero-order valence-electron chi connectivity index (χ0n) is 18.4. The van der Waals surface area contributed by atoms with E-state index in [2.05, 4.69) is 15.0 Å². The van der Waals surface area contributed by atoms with Crippen LogP contribution in [0.15, 0.2) is 12.1 Å². The first kappa shape index (κ1) is 25.1. The molecule has 0 aliphatic carbocycles. The molecule has 0 atom stereocenters. The highest BCUT2D eigenvalue weighted by atomic mass is 32.1. The summed E-state index contributed by atoms with van der Waals surface area (Å²) in [5.41, 5.74) is 0.546. The Kier molecular flexibility index (Phi) is 6.62. The van der Waals surface area contributed by atoms with Gasteiger partial charge in [-0.2, -0.15) is 13.2 Å². The monoisotopic (exact) mass is 495 g/mol. The third kappa shape index (κ3) is 6.52. The molecule has 0 spiro atoms. The van der Waals surface area contributed by atoms with Crippen molar-refractivity contribution in [3.8, 4) is 5.75 Å². The molecule has 1 N–H and O–H groups in total. The fraction of sp³-hybridized carbons (Fsp3) is 0.524. The second kappa shape index (κ2) is 8.69. The number of fused-ring (bicyclic) bond motifs is 1. The van der Waals surface area contributed by atoms with Gasteiger partial charge in [0.2, 0.25) is 5.91 Å². The lowest BCUT2D eigenvalue weighted by Crippen LogP contribution is -2.30. The van der Waals surface area contributed by atoms with Gasteiger partial charge < -0.3 is 15.0 Å². The van der Waals surface area contributed by atoms with Crippen molar-refractivity contribution in [3.63, 3.8) is 0 Å². The molecule has 1 amide bonds. The number of nitrogens with one attached hydrogen (secondary N) is 1. The topological polar surface area (TPSA) is 54.5 Å². The van der Waals surface area contributed by atoms with Gasteiger partial charge >= 0.3 is 12.5 Å². The first-order chi connectivity index (χ1) is 15.0. The van der Waals surface area contributed by atoms with Crippen molar-refractivity contribution in [2.45, 2.75) is 59.6 Å². The van der Waals surface area contributed by atoms with Crippen molar-refractivity contribution in [1.82, 2.24) is 4.98 Å². The van der Waals surface area contributed by atoms with E-state index in [0.29, 0.717) is 33.2 Å². The highest BCUT2D eigenvalue weighted by Crippen LogP contribution is 2.40. The predicted octanol–water partition coefficient (Wildman–Crippen LogP) is 6.31. The molecule has 0 bridgehead atoms. The van der Waals surface area contributed by atoms with Crippen molar-refractivity contribution < 1.29 is 35.9 Å². The molecule has 3 rings (SSSR count). The number of aryl methyl sites for hydroxylation is 1. The number of halogens is 6. The Morgan fingerprint density at radius 2 is 1.85 bits per heavy atom. The molecule has 5 nitrogen and oxygen atoms in total. The SMILES string of the molecule is Cc1cc(N2CCc3nc(C(F)(F)F)sc3C2)cc(OC(F)(F)F)c1NC(=O)CC(C)(C)C. The van der Waals surface area contributed by atoms with Crippen molar-refractivity contribution in [1.29, 1.82) is 0 Å². The lowest BCUT2D eigenvalue weighted by atomic mass is 9.92. The van der Waals surface area contributed by atoms with Gasteiger partial charge in [-0.3, -0.25) is 4.79 Å². The van der Waals surface area contributed by atoms with Crippen LogP contribution in [-0.4, -0.2) is 23.8 Å². The lowest BCUT2D eigenvalue weighted by Gasteiger charge is -2.29. The Morgan fingerprint density at radius 1 is 1.18 bits per heavy atom. The Labute approximate surface area is 190 Å². The Morgan fingerprint density at radius 3 is 2.42 bits per heavy atom. The van der Waals surface area contributed by atoms with Crippen LogP contribution in [0.25, 0.3) is 0 Å². The molecular formula is C21H23F6N3O2S. The van der Waals surface area contributed by atoms with Gasteiger partial charge in [0.05, 0.1) is 17.9 Å². The summed E-state index contributed by atoms with van der Waals surface area (Å²) in [6.45, 7) is 7.35. The highest BCUT2D eigenvalue weighted by molar-refractivity contribution is 7.11. The number of amides is 1. The molecule has 33 heavy (non-hydrogen) atoms. The van der Waals surface area contributed by atoms with E-state index in [0.717, 1.165) is 6.07 Å². The van der Waals surface area contributed by atoms with Gasteiger partial charge in [0.1, 0.15) is 0 Å². The van der Waals surface area contributed by atoms with Crippen LogP contribution in [0.3, 0.4) is 0 Å². The quantitative estimate of drug-likeness (QED) is 0.506. The summed E-state index contributed by atoms with van der Waals surface area (Å²) in [7, 11) is 0. The minimum Gasteiger partial charge on any atom is -0.403 e. The Balaban J connectivity index is 1.92. The van der Waals surface area contributed by atoms with Gasteiger partial charge in [-0.05, 0) is 24.0 Å². The van der Waals surface area contributed by atoms with Crippen LogP contribution >= 0.6 is 11.3 Å². The number of hydrogen-bond acceptors (Lipinski definition) is 5. The van der Waals surface area contributed by atoms with Gasteiger partial charge in [-0.1, -0.05) is 20.8 Å². The smallest absolute Gasteiger partial charge is 0.403 e. The summed E-state index contributed by atoms with van der Waals surface area (Å²) in [5, 5.41) is 1.57. The molecule has 1 aromatic heterocycles. The molecule has 2 heterocycles. The van der Waals surface area contributed by atoms with E-state index < -0.39 is 29.2 Å². The van der Waals surface area contributed by atoms with E-state index in [4.69, 9.17) is 0 Å². The Bertz CT molecular complexity index is 1040. The zero-order valence-corrected chi connectivity index (χ0v) is 19.2. The van der Waals surface area contributed by atoms with Gasteiger partial charge in [0.15, 0.2) is 10.8 Å². The standard InChI is InChI=1S/C21H23F6N3O2S/c1-11-7-12(30-6-5-13-15(10-30)33-18(28-13)20(22,23)24)8-14(32-21(25,26)27)17(11)29-16(31)9-19(2,3)4/h7-8H,5-6,9-10H2,1-4H3,(H,29,31). The highest BCUT2D eigenvalue weighted by Gasteiger charge is 2.37. The molecular weight excluding hydrogens is 472 g/mol. The average Bonchev–Trinajstić information content (AvgIpc) is 3.05. The van der Waals surface area contributed by atoms with Crippen molar-refractivity contribution in [2.24, 2.45) is 5.41 Å². The van der Waals surface area contributed by atoms with E-state index in [1.807, 2.05) is 20.8 Å². The second-order valence-corrected chi connectivity index (χ2v) is 10.1. The van der Waals surface area contributed by atoms with Crippen molar-refractivity contribution >= 4 is 28.6 Å². The van der Waals surface area contributed by atoms with Crippen LogP contribution in [0.2, 0.25) is 0 Å². The minimum absolute atomic E-state index is 0.0731. The van der Waals surface area contributed by atoms with E-state index in [9.17, 15) is 31.1 Å². The van der Waals surface area contributed by atoms with Crippen LogP contribution in [0.5, 0.6) is 5.75 Å². The number of benzene rings is 1. The van der Waals surface area contributed by atoms with Gasteiger partial charge in [-0.25, -0.2) is 4.98 Å². The third-order valence-electron chi connectivity index (χ3n) is 4.80. The summed E-state index contributed by atoms with van der Waals surface area (Å²) < 4.78 is 82.4. The Hall–Kier alpha value is -2.50. The van der Waals surface area contributed by atoms with Crippen LogP contribution in [0, 0.1) is 12.3 Å². The molecule has 0 radical (unpaired) electrons. The molecule has 0 fully saturated rings. The maximum absolute atomic E-state index is 13.1. The normalized spacial score (nSPS) is 14.8. The number of nitrogens with zero attached hydrogens (tertiary/aromatic N) is 2. The molecule has 1 aromatic carbocycles. The van der Waals surface area contributed by atoms with E-state index in [1.165, 1.54) is 6.92 Å². The summed E-state index contributed by atoms with van der Waals surface area (Å²) in [4.78, 5) is 18.1. The molecule has 0 saturated heterocycles. The molecule has 1 aliphatic rings. The first-order valence-corrected chi connectivity index (χ1v) is 10.8. The van der Waals surface area contributed by atoms with Crippen LogP contribution in [0.1, 0.15) is 48.3 Å².